The molecule has 10 aliphatic heterocycles. The molecule has 20 heterocycles. The predicted octanol–water partition coefficient (Wildman–Crippen LogP) is 11.7. The third-order valence-electron chi connectivity index (χ3n) is 30.2. The van der Waals surface area contributed by atoms with Gasteiger partial charge in [0, 0.05) is 218 Å². The molecule has 10 aromatic heterocycles. The van der Waals surface area contributed by atoms with Gasteiger partial charge in [-0.2, -0.15) is 39.5 Å². The van der Waals surface area contributed by atoms with Gasteiger partial charge in [-0.15, -0.1) is 40.8 Å². The number of alkyl halides is 9. The number of pyridine rings is 6. The molecule has 8 atom stereocenters. The molecule has 46 heteroatoms. The van der Waals surface area contributed by atoms with Crippen molar-refractivity contribution < 1.29 is 77.8 Å². The Morgan fingerprint density at radius 2 is 0.866 bits per heavy atom. The SMILES string of the molecule is CCc1nnc2n1CCN(C(=O)[C@H]1CCN(c3c(Cl)cnc4c3CCN(C(=O)C3CC3)C4)C[C@H]1C)C2.COc1ccc2nccc(N3CC[C@H](C(=O)N4CCn5c(nnc5C(F)(F)F)C4)[C@H](C)C3)c2n1.C[C@@H]1CN(c2ccnc3c2CCN(C(=O)OC2(C)CC2)C3)CC[C@@H]1C(=O)N1CCn2c(nnc2C(F)(F)F)C1.Cc1ccc2c(N3CC[C@H](C(=O)N4CCn5c(nnc5C(F)(F)F)C4)[C@H](C)C3)ccnc2n1. The summed E-state index contributed by atoms with van der Waals surface area (Å²) in [7, 11) is 1.57. The van der Waals surface area contributed by atoms with Gasteiger partial charge in [-0.05, 0) is 138 Å². The number of amides is 6. The highest BCUT2D eigenvalue weighted by Crippen LogP contribution is 2.45. The van der Waals surface area contributed by atoms with Crippen molar-refractivity contribution in [3.8, 4) is 5.88 Å². The number of rotatable bonds is 12. The maximum atomic E-state index is 13.5. The number of aromatic nitrogens is 18. The number of nitrogens with zero attached hydrogens (tertiary/aromatic N) is 28. The Hall–Kier alpha value is -12.7. The molecule has 2 saturated carbocycles. The first-order chi connectivity index (χ1) is 67.9. The van der Waals surface area contributed by atoms with Crippen molar-refractivity contribution in [2.45, 2.75) is 209 Å². The van der Waals surface area contributed by atoms with Gasteiger partial charge in [-0.1, -0.05) is 46.2 Å². The van der Waals surface area contributed by atoms with Crippen LogP contribution >= 0.6 is 11.6 Å². The Morgan fingerprint density at radius 3 is 1.37 bits per heavy atom. The largest absolute Gasteiger partial charge is 0.481 e. The quantitative estimate of drug-likeness (QED) is 0.103. The lowest BCUT2D eigenvalue weighted by molar-refractivity contribution is -0.149. The molecular formula is C96H114ClF9N28O8. The standard InChI is InChI=1S/C26H34ClN7O2.C26H32F3N7O3.C22H24F3N7O2.C22H24F3N7O/c1-3-22-29-30-23-15-33(10-11-34(22)23)26(36)18-6-8-31(13-16(18)2)24-19-7-9-32(25(35)17-4-5-17)14-21(19)28-12-20(24)27;1-16-13-33(20-3-8-30-19-14-35(10-5-18(19)20)24(38)39-25(2)6-7-25)9-4-17(16)22(37)34-11-12-36-21(15-34)31-32-23(36)26(27,28)29;1-13-11-30(16-5-7-26-15-3-4-18(34-2)27-19(15)16)8-6-14(13)20(33)31-9-10-32-17(12-31)28-29-21(32)22(23,24)25;1-13-11-30(17-5-7-26-19-16(17)4-3-14(2)27-19)8-6-15(13)20(33)31-9-10-32-18(12-31)28-29-21(32)22(23,24)25/h12,16-18H,3-11,13-15H2,1-2H3;3,8,16-17H,4-7,9-15H2,1-2H3;3-5,7,13-14H,6,8-12H2,1-2H3;3-5,7,13,15H,6,8-12H2,1-2H3/t16-,18+;16-,17+;13-,14+;13-,15+/m1111/s1. The van der Waals surface area contributed by atoms with Crippen LogP contribution in [0, 0.1) is 60.2 Å². The van der Waals surface area contributed by atoms with E-state index >= 15 is 0 Å². The molecule has 0 aromatic carbocycles. The molecule has 0 radical (unpaired) electrons. The van der Waals surface area contributed by atoms with E-state index in [1.54, 1.807) is 57.6 Å². The van der Waals surface area contributed by atoms with E-state index in [1.807, 2.05) is 73.9 Å². The smallest absolute Gasteiger partial charge is 0.451 e. The number of aryl methyl sites for hydroxylation is 2. The summed E-state index contributed by atoms with van der Waals surface area (Å²) in [6.07, 6.45) is 1.93. The van der Waals surface area contributed by atoms with Crippen molar-refractivity contribution >= 4 is 92.0 Å². The van der Waals surface area contributed by atoms with Gasteiger partial charge in [0.2, 0.25) is 52.9 Å². The Kier molecular flexibility index (Phi) is 27.3. The number of carbonyl (C=O) groups is 6. The normalized spacial score (nSPS) is 22.7. The first kappa shape index (κ1) is 98.1. The number of halogens is 10. The van der Waals surface area contributed by atoms with Crippen molar-refractivity contribution in [2.75, 3.05) is 118 Å². The molecule has 0 spiro atoms. The molecule has 0 bridgehead atoms. The maximum absolute atomic E-state index is 13.5. The van der Waals surface area contributed by atoms with Crippen LogP contribution in [-0.2, 0) is 132 Å². The highest BCUT2D eigenvalue weighted by Gasteiger charge is 2.49. The number of piperidine rings is 4. The zero-order valence-corrected chi connectivity index (χ0v) is 81.1. The average molecular weight is 1990 g/mol. The van der Waals surface area contributed by atoms with Gasteiger partial charge in [0.25, 0.3) is 0 Å². The lowest BCUT2D eigenvalue weighted by atomic mass is 9.85. The fourth-order valence-corrected chi connectivity index (χ4v) is 22.2. The Labute approximate surface area is 817 Å². The molecule has 0 unspecified atom stereocenters. The topological polar surface area (TPSA) is 353 Å². The molecule has 142 heavy (non-hydrogen) atoms. The van der Waals surface area contributed by atoms with E-state index in [2.05, 4.69) is 116 Å². The van der Waals surface area contributed by atoms with Crippen LogP contribution in [0.1, 0.15) is 168 Å². The van der Waals surface area contributed by atoms with Crippen LogP contribution in [0.3, 0.4) is 0 Å². The minimum Gasteiger partial charge on any atom is -0.481 e. The number of hydrogen-bond donors (Lipinski definition) is 0. The number of hydrogen-bond acceptors (Lipinski definition) is 26. The molecule has 756 valence electrons. The van der Waals surface area contributed by atoms with Gasteiger partial charge >= 0.3 is 24.6 Å². The number of anilines is 4. The molecule has 10 aromatic rings. The highest BCUT2D eigenvalue weighted by atomic mass is 35.5. The molecular weight excluding hydrogens is 1880 g/mol. The van der Waals surface area contributed by atoms with E-state index in [-0.39, 0.29) is 171 Å². The second kappa shape index (κ2) is 39.5. The van der Waals surface area contributed by atoms with Gasteiger partial charge < -0.3 is 76.7 Å². The molecule has 4 saturated heterocycles. The minimum absolute atomic E-state index is 0.00976. The van der Waals surface area contributed by atoms with Crippen LogP contribution in [0.15, 0.2) is 67.3 Å². The van der Waals surface area contributed by atoms with Crippen LogP contribution < -0.4 is 24.3 Å². The van der Waals surface area contributed by atoms with E-state index in [0.29, 0.717) is 114 Å². The lowest BCUT2D eigenvalue weighted by Crippen LogP contribution is -2.49. The van der Waals surface area contributed by atoms with E-state index in [9.17, 15) is 68.3 Å². The Bertz CT molecular complexity index is 6440. The molecule has 6 fully saturated rings. The number of carbonyl (C=O) groups excluding carboxylic acids is 6. The van der Waals surface area contributed by atoms with Crippen molar-refractivity contribution in [1.82, 2.24) is 118 Å². The maximum Gasteiger partial charge on any atom is 0.451 e. The fraction of sp³-hybridized carbons (Fsp3) is 0.583. The van der Waals surface area contributed by atoms with Gasteiger partial charge in [-0.25, -0.2) is 19.7 Å². The fourth-order valence-electron chi connectivity index (χ4n) is 22.0. The molecule has 36 nitrogen and oxygen atoms in total. The van der Waals surface area contributed by atoms with Crippen LogP contribution in [0.25, 0.3) is 22.1 Å². The van der Waals surface area contributed by atoms with Gasteiger partial charge in [0.1, 0.15) is 16.9 Å². The predicted molar refractivity (Wildman–Crippen MR) is 498 cm³/mol. The van der Waals surface area contributed by atoms with E-state index in [4.69, 9.17) is 21.1 Å². The summed E-state index contributed by atoms with van der Waals surface area (Å²) in [6, 6.07) is 13.5. The van der Waals surface area contributed by atoms with Crippen LogP contribution in [0.4, 0.5) is 67.1 Å². The average Bonchev–Trinajstić information content (AvgIpc) is 1.77. The van der Waals surface area contributed by atoms with Crippen molar-refractivity contribution in [2.24, 2.45) is 53.3 Å². The number of methoxy groups -OCH3 is 1. The van der Waals surface area contributed by atoms with Crippen molar-refractivity contribution in [3.05, 3.63) is 147 Å². The van der Waals surface area contributed by atoms with E-state index < -0.39 is 36.0 Å². The summed E-state index contributed by atoms with van der Waals surface area (Å²) >= 11 is 6.71. The third-order valence-corrected chi connectivity index (χ3v) is 30.4. The first-order valence-corrected chi connectivity index (χ1v) is 49.3. The summed E-state index contributed by atoms with van der Waals surface area (Å²) in [5, 5.41) is 31.2. The monoisotopic (exact) mass is 1990 g/mol. The van der Waals surface area contributed by atoms with Gasteiger partial charge in [-0.3, -0.25) is 38.9 Å². The summed E-state index contributed by atoms with van der Waals surface area (Å²) in [5.41, 5.74) is 11.1. The lowest BCUT2D eigenvalue weighted by Gasteiger charge is -2.42. The Balaban J connectivity index is 0.000000120. The molecule has 12 aliphatic rings. The number of fused-ring (bicyclic) bond motifs is 8. The summed E-state index contributed by atoms with van der Waals surface area (Å²) in [4.78, 5) is 125. The summed E-state index contributed by atoms with van der Waals surface area (Å²) < 4.78 is 134. The second-order valence-corrected chi connectivity index (χ2v) is 40.1. The molecule has 22 rings (SSSR count). The molecule has 0 N–H and O–H groups in total. The van der Waals surface area contributed by atoms with Gasteiger partial charge in [0.15, 0.2) is 28.9 Å². The second-order valence-electron chi connectivity index (χ2n) is 39.7. The van der Waals surface area contributed by atoms with E-state index in [1.165, 1.54) is 5.56 Å². The number of ether oxygens (including phenoxy) is 2. The summed E-state index contributed by atoms with van der Waals surface area (Å²) in [5.74, 6) is 0.237. The highest BCUT2D eigenvalue weighted by molar-refractivity contribution is 6.33. The summed E-state index contributed by atoms with van der Waals surface area (Å²) in [6.45, 7) is 25.1. The van der Waals surface area contributed by atoms with Crippen LogP contribution in [0.5, 0.6) is 5.88 Å². The minimum atomic E-state index is -4.57. The Morgan fingerprint density at radius 1 is 0.437 bits per heavy atom. The zero-order chi connectivity index (χ0) is 99.9. The van der Waals surface area contributed by atoms with Crippen molar-refractivity contribution in [1.29, 1.82) is 0 Å². The first-order valence-electron chi connectivity index (χ1n) is 48.9. The molecule has 2 aliphatic carbocycles. The molecule has 6 amide bonds. The van der Waals surface area contributed by atoms with Crippen LogP contribution in [-0.4, -0.2) is 258 Å². The van der Waals surface area contributed by atoms with Crippen molar-refractivity contribution in [3.63, 3.8) is 0 Å². The van der Waals surface area contributed by atoms with Crippen LogP contribution in [0.2, 0.25) is 5.02 Å². The van der Waals surface area contributed by atoms with Gasteiger partial charge in [0.05, 0.1) is 79.7 Å². The zero-order valence-electron chi connectivity index (χ0n) is 80.4. The van der Waals surface area contributed by atoms with E-state index in [0.717, 1.165) is 158 Å². The third kappa shape index (κ3) is 20.2.